The molecule has 3 rings (SSSR count). The highest BCUT2D eigenvalue weighted by molar-refractivity contribution is 7.98. The monoisotopic (exact) mass is 463 g/mol. The molecular formula is C22H29N3O4S2. The third kappa shape index (κ3) is 7.84. The van der Waals surface area contributed by atoms with Crippen LogP contribution in [0.5, 0.6) is 0 Å². The van der Waals surface area contributed by atoms with Gasteiger partial charge in [0.05, 0.1) is 19.0 Å². The van der Waals surface area contributed by atoms with Crippen LogP contribution in [0.2, 0.25) is 0 Å². The summed E-state index contributed by atoms with van der Waals surface area (Å²) in [5.41, 5.74) is 2.77. The lowest BCUT2D eigenvalue weighted by molar-refractivity contribution is 0.0729. The largest absolute Gasteiger partial charge is 0.379 e. The van der Waals surface area contributed by atoms with Gasteiger partial charge in [0.2, 0.25) is 10.0 Å². The minimum absolute atomic E-state index is 0.0808. The molecule has 1 heterocycles. The first kappa shape index (κ1) is 23.6. The Morgan fingerprint density at radius 1 is 0.968 bits per heavy atom. The van der Waals surface area contributed by atoms with Crippen LogP contribution in [0.15, 0.2) is 54.6 Å². The number of morpholine rings is 1. The van der Waals surface area contributed by atoms with Gasteiger partial charge >= 0.3 is 6.03 Å². The first-order valence-electron chi connectivity index (χ1n) is 10.3. The Morgan fingerprint density at radius 2 is 1.65 bits per heavy atom. The Bertz CT molecular complexity index is 933. The second kappa shape index (κ2) is 12.1. The van der Waals surface area contributed by atoms with Gasteiger partial charge in [0, 0.05) is 37.7 Å². The van der Waals surface area contributed by atoms with Gasteiger partial charge in [-0.25, -0.2) is 13.2 Å². The van der Waals surface area contributed by atoms with Crippen molar-refractivity contribution in [2.24, 2.45) is 0 Å². The van der Waals surface area contributed by atoms with Gasteiger partial charge in [-0.05, 0) is 16.7 Å². The van der Waals surface area contributed by atoms with Crippen molar-refractivity contribution >= 4 is 27.8 Å². The second-order valence-electron chi connectivity index (χ2n) is 7.18. The van der Waals surface area contributed by atoms with Crippen LogP contribution in [0.3, 0.4) is 0 Å². The Kier molecular flexibility index (Phi) is 9.20. The number of carbonyl (C=O) groups excluding carboxylic acids is 1. The molecule has 2 amide bonds. The first-order chi connectivity index (χ1) is 15.0. The van der Waals surface area contributed by atoms with Gasteiger partial charge in [-0.3, -0.25) is 0 Å². The Balaban J connectivity index is 1.42. The van der Waals surface area contributed by atoms with Crippen LogP contribution in [0.25, 0.3) is 0 Å². The standard InChI is InChI=1S/C22H29N3O4S2/c26-22(23-10-15-30-17-19-6-2-1-3-7-19)24-16-20-8-4-5-9-21(20)18-31(27,28)25-11-13-29-14-12-25/h1-9H,10-18H2,(H2,23,24,26). The number of urea groups is 1. The van der Waals surface area contributed by atoms with Gasteiger partial charge in [-0.2, -0.15) is 16.1 Å². The number of amides is 2. The smallest absolute Gasteiger partial charge is 0.315 e. The van der Waals surface area contributed by atoms with Crippen molar-refractivity contribution in [3.8, 4) is 0 Å². The highest BCUT2D eigenvalue weighted by atomic mass is 32.2. The van der Waals surface area contributed by atoms with Crippen LogP contribution in [-0.4, -0.2) is 57.4 Å². The number of carbonyl (C=O) groups is 1. The average molecular weight is 464 g/mol. The zero-order valence-corrected chi connectivity index (χ0v) is 19.1. The van der Waals surface area contributed by atoms with Crippen molar-refractivity contribution in [2.45, 2.75) is 18.1 Å². The molecule has 168 valence electrons. The van der Waals surface area contributed by atoms with Crippen molar-refractivity contribution < 1.29 is 17.9 Å². The number of benzene rings is 2. The Morgan fingerprint density at radius 3 is 2.39 bits per heavy atom. The van der Waals surface area contributed by atoms with E-state index in [1.807, 2.05) is 36.4 Å². The molecule has 1 fully saturated rings. The summed E-state index contributed by atoms with van der Waals surface area (Å²) in [6.07, 6.45) is 0. The number of thioether (sulfide) groups is 1. The molecule has 1 aliphatic rings. The molecule has 9 heteroatoms. The SMILES string of the molecule is O=C(NCCSCc1ccccc1)NCc1ccccc1CS(=O)(=O)N1CCOCC1. The second-order valence-corrected chi connectivity index (χ2v) is 10.3. The maximum absolute atomic E-state index is 12.7. The highest BCUT2D eigenvalue weighted by Crippen LogP contribution is 2.16. The molecule has 0 aromatic heterocycles. The fourth-order valence-corrected chi connectivity index (χ4v) is 5.60. The van der Waals surface area contributed by atoms with E-state index in [-0.39, 0.29) is 18.3 Å². The molecule has 1 saturated heterocycles. The Hall–Kier alpha value is -2.07. The van der Waals surface area contributed by atoms with E-state index >= 15 is 0 Å². The van der Waals surface area contributed by atoms with E-state index in [9.17, 15) is 13.2 Å². The van der Waals surface area contributed by atoms with Crippen molar-refractivity contribution in [1.29, 1.82) is 0 Å². The van der Waals surface area contributed by atoms with Crippen LogP contribution < -0.4 is 10.6 Å². The minimum atomic E-state index is -3.42. The summed E-state index contributed by atoms with van der Waals surface area (Å²) in [5, 5.41) is 5.67. The highest BCUT2D eigenvalue weighted by Gasteiger charge is 2.25. The predicted molar refractivity (Wildman–Crippen MR) is 124 cm³/mol. The Labute approximate surface area is 188 Å². The van der Waals surface area contributed by atoms with E-state index in [4.69, 9.17) is 4.74 Å². The van der Waals surface area contributed by atoms with Crippen molar-refractivity contribution in [1.82, 2.24) is 14.9 Å². The minimum Gasteiger partial charge on any atom is -0.379 e. The number of nitrogens with zero attached hydrogens (tertiary/aromatic N) is 1. The number of ether oxygens (including phenoxy) is 1. The average Bonchev–Trinajstić information content (AvgIpc) is 2.79. The maximum atomic E-state index is 12.7. The predicted octanol–water partition coefficient (Wildman–Crippen LogP) is 2.58. The number of rotatable bonds is 10. The lowest BCUT2D eigenvalue weighted by Gasteiger charge is -2.26. The van der Waals surface area contributed by atoms with Gasteiger partial charge in [-0.1, -0.05) is 54.6 Å². The normalized spacial score (nSPS) is 14.8. The number of hydrogen-bond acceptors (Lipinski definition) is 5. The topological polar surface area (TPSA) is 87.7 Å². The van der Waals surface area contributed by atoms with Crippen LogP contribution in [0.1, 0.15) is 16.7 Å². The summed E-state index contributed by atoms with van der Waals surface area (Å²) in [7, 11) is -3.42. The van der Waals surface area contributed by atoms with Crippen LogP contribution in [0.4, 0.5) is 4.79 Å². The van der Waals surface area contributed by atoms with Crippen LogP contribution in [0, 0.1) is 0 Å². The lowest BCUT2D eigenvalue weighted by Crippen LogP contribution is -2.41. The molecule has 31 heavy (non-hydrogen) atoms. The zero-order chi connectivity index (χ0) is 21.9. The molecule has 0 bridgehead atoms. The van der Waals surface area contributed by atoms with Crippen molar-refractivity contribution in [3.63, 3.8) is 0 Å². The van der Waals surface area contributed by atoms with Gasteiger partial charge < -0.3 is 15.4 Å². The number of hydrogen-bond donors (Lipinski definition) is 2. The van der Waals surface area contributed by atoms with Crippen LogP contribution >= 0.6 is 11.8 Å². The lowest BCUT2D eigenvalue weighted by atomic mass is 10.1. The molecule has 1 aliphatic heterocycles. The van der Waals surface area contributed by atoms with E-state index in [1.165, 1.54) is 9.87 Å². The fraction of sp³-hybridized carbons (Fsp3) is 0.409. The fourth-order valence-electron chi connectivity index (χ4n) is 3.22. The van der Waals surface area contributed by atoms with E-state index in [0.717, 1.165) is 17.1 Å². The summed E-state index contributed by atoms with van der Waals surface area (Å²) in [5.74, 6) is 1.65. The van der Waals surface area contributed by atoms with Gasteiger partial charge in [-0.15, -0.1) is 0 Å². The molecule has 0 spiro atoms. The number of sulfonamides is 1. The molecule has 2 N–H and O–H groups in total. The summed E-state index contributed by atoms with van der Waals surface area (Å²) in [4.78, 5) is 12.1. The van der Waals surface area contributed by atoms with E-state index in [2.05, 4.69) is 22.8 Å². The number of nitrogens with one attached hydrogen (secondary N) is 2. The molecule has 7 nitrogen and oxygen atoms in total. The summed E-state index contributed by atoms with van der Waals surface area (Å²) in [6.45, 7) is 2.45. The van der Waals surface area contributed by atoms with Crippen molar-refractivity contribution in [2.75, 3.05) is 38.6 Å². The molecule has 0 unspecified atom stereocenters. The molecule has 2 aromatic carbocycles. The van der Waals surface area contributed by atoms with Gasteiger partial charge in [0.1, 0.15) is 0 Å². The van der Waals surface area contributed by atoms with Crippen molar-refractivity contribution in [3.05, 3.63) is 71.3 Å². The van der Waals surface area contributed by atoms with Crippen LogP contribution in [-0.2, 0) is 32.8 Å². The maximum Gasteiger partial charge on any atom is 0.315 e. The van der Waals surface area contributed by atoms with E-state index in [1.54, 1.807) is 17.8 Å². The quantitative estimate of drug-likeness (QED) is 0.529. The summed E-state index contributed by atoms with van der Waals surface area (Å²) in [6, 6.07) is 17.3. The van der Waals surface area contributed by atoms with Gasteiger partial charge in [0.25, 0.3) is 0 Å². The third-order valence-electron chi connectivity index (χ3n) is 4.90. The molecular weight excluding hydrogens is 434 g/mol. The third-order valence-corrected chi connectivity index (χ3v) is 7.76. The summed E-state index contributed by atoms with van der Waals surface area (Å²) < 4.78 is 32.2. The molecule has 0 radical (unpaired) electrons. The first-order valence-corrected chi connectivity index (χ1v) is 13.1. The molecule has 0 atom stereocenters. The molecule has 2 aromatic rings. The molecule has 0 saturated carbocycles. The zero-order valence-electron chi connectivity index (χ0n) is 17.5. The van der Waals surface area contributed by atoms with E-state index < -0.39 is 10.0 Å². The molecule has 0 aliphatic carbocycles. The van der Waals surface area contributed by atoms with Gasteiger partial charge in [0.15, 0.2) is 0 Å². The summed E-state index contributed by atoms with van der Waals surface area (Å²) >= 11 is 1.76. The van der Waals surface area contributed by atoms with E-state index in [0.29, 0.717) is 38.4 Å².